The van der Waals surface area contributed by atoms with E-state index in [9.17, 15) is 28.8 Å². The lowest BCUT2D eigenvalue weighted by Gasteiger charge is -2.22. The fourth-order valence-corrected chi connectivity index (χ4v) is 1.94. The van der Waals surface area contributed by atoms with Crippen LogP contribution in [-0.2, 0) is 43.0 Å². The van der Waals surface area contributed by atoms with E-state index in [-0.39, 0.29) is 12.8 Å². The number of hydrogen-bond acceptors (Lipinski definition) is 10. The maximum Gasteiger partial charge on any atom is 0.509 e. The number of amides is 2. The molecule has 0 saturated carbocycles. The molecule has 0 aliphatic carbocycles. The molecule has 1 rings (SSSR count). The van der Waals surface area contributed by atoms with Gasteiger partial charge in [0.1, 0.15) is 11.4 Å². The average Bonchev–Trinajstić information content (AvgIpc) is 2.83. The van der Waals surface area contributed by atoms with Gasteiger partial charge >= 0.3 is 18.1 Å². The Kier molecular flexibility index (Phi) is 7.65. The molecular formula is C17H23NO10. The van der Waals surface area contributed by atoms with Crippen molar-refractivity contribution in [1.82, 2.24) is 5.06 Å². The minimum absolute atomic E-state index is 0.0926. The van der Waals surface area contributed by atoms with E-state index < -0.39 is 59.9 Å². The van der Waals surface area contributed by atoms with Gasteiger partial charge in [0.25, 0.3) is 11.8 Å². The Morgan fingerprint density at radius 2 is 1.54 bits per heavy atom. The van der Waals surface area contributed by atoms with Gasteiger partial charge in [-0.05, 0) is 34.6 Å². The Morgan fingerprint density at radius 1 is 1.00 bits per heavy atom. The zero-order valence-electron chi connectivity index (χ0n) is 16.3. The van der Waals surface area contributed by atoms with Gasteiger partial charge in [0.2, 0.25) is 6.10 Å². The molecule has 1 saturated heterocycles. The zero-order valence-corrected chi connectivity index (χ0v) is 16.3. The number of ether oxygens (including phenoxy) is 3. The molecule has 0 N–H and O–H groups in total. The van der Waals surface area contributed by atoms with Gasteiger partial charge in [0.15, 0.2) is 6.10 Å². The quantitative estimate of drug-likeness (QED) is 0.444. The number of rotatable bonds is 7. The number of Topliss-reactive ketones (excluding diaryl/α,β-unsaturated/α-hetero) is 1. The lowest BCUT2D eigenvalue weighted by Crippen LogP contribution is -2.40. The van der Waals surface area contributed by atoms with Crippen molar-refractivity contribution < 1.29 is 47.8 Å². The van der Waals surface area contributed by atoms with Gasteiger partial charge in [0.05, 0.1) is 6.42 Å². The summed E-state index contributed by atoms with van der Waals surface area (Å²) < 4.78 is 14.6. The third-order valence-electron chi connectivity index (χ3n) is 3.18. The molecule has 1 fully saturated rings. The van der Waals surface area contributed by atoms with Gasteiger partial charge < -0.3 is 19.0 Å². The summed E-state index contributed by atoms with van der Waals surface area (Å²) in [6.07, 6.45) is -5.06. The van der Waals surface area contributed by atoms with Crippen molar-refractivity contribution in [3.8, 4) is 0 Å². The van der Waals surface area contributed by atoms with Gasteiger partial charge in [-0.15, -0.1) is 5.06 Å². The van der Waals surface area contributed by atoms with E-state index in [4.69, 9.17) is 14.2 Å². The van der Waals surface area contributed by atoms with Gasteiger partial charge in [-0.25, -0.2) is 14.4 Å². The maximum atomic E-state index is 12.2. The van der Waals surface area contributed by atoms with E-state index in [1.807, 2.05) is 0 Å². The second kappa shape index (κ2) is 9.29. The van der Waals surface area contributed by atoms with E-state index in [1.165, 1.54) is 6.92 Å². The zero-order chi connectivity index (χ0) is 21.6. The number of hydroxylamine groups is 2. The highest BCUT2D eigenvalue weighted by atomic mass is 16.8. The highest BCUT2D eigenvalue weighted by Gasteiger charge is 2.36. The smallest absolute Gasteiger partial charge is 0.448 e. The fourth-order valence-electron chi connectivity index (χ4n) is 1.94. The van der Waals surface area contributed by atoms with Crippen LogP contribution in [0.5, 0.6) is 0 Å². The molecule has 0 bridgehead atoms. The van der Waals surface area contributed by atoms with E-state index in [0.717, 1.165) is 6.92 Å². The molecule has 0 spiro atoms. The third kappa shape index (κ3) is 7.33. The van der Waals surface area contributed by atoms with Crippen LogP contribution in [0, 0.1) is 0 Å². The van der Waals surface area contributed by atoms with Crippen molar-refractivity contribution in [2.24, 2.45) is 0 Å². The van der Waals surface area contributed by atoms with Crippen LogP contribution < -0.4 is 0 Å². The molecule has 0 aromatic carbocycles. The first-order valence-corrected chi connectivity index (χ1v) is 8.47. The first kappa shape index (κ1) is 23.1. The molecule has 1 aliphatic rings. The second-order valence-corrected chi connectivity index (χ2v) is 7.05. The summed E-state index contributed by atoms with van der Waals surface area (Å²) in [4.78, 5) is 74.7. The minimum atomic E-state index is -1.64. The van der Waals surface area contributed by atoms with Crippen LogP contribution in [0.2, 0.25) is 0 Å². The van der Waals surface area contributed by atoms with Crippen LogP contribution in [0.4, 0.5) is 4.79 Å². The van der Waals surface area contributed by atoms with Crippen LogP contribution in [0.1, 0.15) is 53.9 Å². The van der Waals surface area contributed by atoms with Crippen LogP contribution >= 0.6 is 0 Å². The Bertz CT molecular complexity index is 662. The van der Waals surface area contributed by atoms with E-state index in [0.29, 0.717) is 5.06 Å². The first-order valence-electron chi connectivity index (χ1n) is 8.47. The molecule has 28 heavy (non-hydrogen) atoms. The molecule has 156 valence electrons. The van der Waals surface area contributed by atoms with Crippen LogP contribution in [0.25, 0.3) is 0 Å². The number of carbonyl (C=O) groups is 6. The van der Waals surface area contributed by atoms with Gasteiger partial charge in [-0.3, -0.25) is 14.4 Å². The van der Waals surface area contributed by atoms with Gasteiger partial charge in [-0.1, -0.05) is 0 Å². The van der Waals surface area contributed by atoms with E-state index in [1.54, 1.807) is 20.8 Å². The normalized spacial score (nSPS) is 16.2. The summed E-state index contributed by atoms with van der Waals surface area (Å²) in [6.45, 7) is 7.02. The molecule has 11 heteroatoms. The van der Waals surface area contributed by atoms with Crippen LogP contribution in [0.3, 0.4) is 0 Å². The Hall–Kier alpha value is -2.98. The number of nitrogens with zero attached hydrogens (tertiary/aromatic N) is 1. The van der Waals surface area contributed by atoms with Crippen molar-refractivity contribution in [3.05, 3.63) is 0 Å². The summed E-state index contributed by atoms with van der Waals surface area (Å²) >= 11 is 0. The van der Waals surface area contributed by atoms with Crippen molar-refractivity contribution in [2.45, 2.75) is 71.7 Å². The van der Waals surface area contributed by atoms with Gasteiger partial charge in [0, 0.05) is 12.8 Å². The summed E-state index contributed by atoms with van der Waals surface area (Å²) in [5.41, 5.74) is -0.895. The maximum absolute atomic E-state index is 12.2. The van der Waals surface area contributed by atoms with Gasteiger partial charge in [-0.2, -0.15) is 0 Å². The molecular weight excluding hydrogens is 378 g/mol. The van der Waals surface area contributed by atoms with Crippen LogP contribution in [-0.4, -0.2) is 58.6 Å². The first-order chi connectivity index (χ1) is 12.8. The molecule has 2 amide bonds. The molecule has 0 radical (unpaired) electrons. The molecule has 1 heterocycles. The molecule has 1 aliphatic heterocycles. The molecule has 0 aromatic rings. The summed E-state index contributed by atoms with van der Waals surface area (Å²) in [5.74, 6) is -4.24. The van der Waals surface area contributed by atoms with E-state index in [2.05, 4.69) is 4.84 Å². The Labute approximate surface area is 161 Å². The average molecular weight is 401 g/mol. The molecule has 2 atom stereocenters. The SMILES string of the molecule is CC(=O)C[C@H](OC(=O)OC(C)(C)C)C(=O)O[C@@H](C)C(=O)ON1C(=O)CCC1=O. The van der Waals surface area contributed by atoms with Crippen molar-refractivity contribution in [3.63, 3.8) is 0 Å². The monoisotopic (exact) mass is 401 g/mol. The number of carbonyl (C=O) groups excluding carboxylic acids is 6. The predicted molar refractivity (Wildman–Crippen MR) is 89.1 cm³/mol. The predicted octanol–water partition coefficient (Wildman–Crippen LogP) is 0.825. The van der Waals surface area contributed by atoms with Crippen molar-refractivity contribution in [2.75, 3.05) is 0 Å². The Morgan fingerprint density at radius 3 is 2.00 bits per heavy atom. The molecule has 0 unspecified atom stereocenters. The number of ketones is 1. The lowest BCUT2D eigenvalue weighted by molar-refractivity contribution is -0.206. The second-order valence-electron chi connectivity index (χ2n) is 7.05. The highest BCUT2D eigenvalue weighted by Crippen LogP contribution is 2.15. The molecule has 11 nitrogen and oxygen atoms in total. The summed E-state index contributed by atoms with van der Waals surface area (Å²) in [7, 11) is 0. The van der Waals surface area contributed by atoms with E-state index >= 15 is 0 Å². The third-order valence-corrected chi connectivity index (χ3v) is 3.18. The largest absolute Gasteiger partial charge is 0.509 e. The lowest BCUT2D eigenvalue weighted by atomic mass is 10.2. The highest BCUT2D eigenvalue weighted by molar-refractivity contribution is 6.01. The summed E-state index contributed by atoms with van der Waals surface area (Å²) in [5, 5.41) is 0.302. The fraction of sp³-hybridized carbons (Fsp3) is 0.647. The topological polar surface area (TPSA) is 143 Å². The Balaban J connectivity index is 2.70. The number of hydrogen-bond donors (Lipinski definition) is 0. The van der Waals surface area contributed by atoms with Crippen molar-refractivity contribution >= 4 is 35.7 Å². The summed E-state index contributed by atoms with van der Waals surface area (Å²) in [6, 6.07) is 0. The molecule has 0 aromatic heterocycles. The van der Waals surface area contributed by atoms with Crippen LogP contribution in [0.15, 0.2) is 0 Å². The standard InChI is InChI=1S/C17H23NO10/c1-9(19)8-11(26-16(24)27-17(3,4)5)15(23)25-10(2)14(22)28-18-12(20)6-7-13(18)21/h10-11H,6-8H2,1-5H3/t10-,11-/m0/s1. The van der Waals surface area contributed by atoms with Crippen molar-refractivity contribution in [1.29, 1.82) is 0 Å². The number of esters is 1. The number of imide groups is 1. The minimum Gasteiger partial charge on any atom is -0.448 e.